The highest BCUT2D eigenvalue weighted by Crippen LogP contribution is 2.16. The summed E-state index contributed by atoms with van der Waals surface area (Å²) in [5, 5.41) is 9.74. The Kier molecular flexibility index (Phi) is 3.47. The Morgan fingerprint density at radius 1 is 1.18 bits per heavy atom. The Hall–Kier alpha value is -2.20. The van der Waals surface area contributed by atoms with Crippen LogP contribution in [-0.4, -0.2) is 16.1 Å². The Morgan fingerprint density at radius 3 is 2.59 bits per heavy atom. The highest BCUT2D eigenvalue weighted by atomic mass is 16.5. The summed E-state index contributed by atoms with van der Waals surface area (Å²) in [6.45, 7) is 0. The summed E-state index contributed by atoms with van der Waals surface area (Å²) >= 11 is 0. The number of aromatic nitrogens is 1. The fourth-order valence-electron chi connectivity index (χ4n) is 1.33. The van der Waals surface area contributed by atoms with Crippen molar-refractivity contribution in [1.82, 2.24) is 4.98 Å². The summed E-state index contributed by atoms with van der Waals surface area (Å²) in [5.74, 6) is -0.315. The third-order valence-electron chi connectivity index (χ3n) is 2.19. The van der Waals surface area contributed by atoms with Gasteiger partial charge in [-0.15, -0.1) is 0 Å². The average molecular weight is 229 g/mol. The van der Waals surface area contributed by atoms with Crippen molar-refractivity contribution in [2.24, 2.45) is 0 Å². The van der Waals surface area contributed by atoms with Gasteiger partial charge < -0.3 is 9.84 Å². The molecule has 2 rings (SSSR count). The number of aliphatic hydroxyl groups is 1. The van der Waals surface area contributed by atoms with Crippen molar-refractivity contribution in [3.63, 3.8) is 0 Å². The van der Waals surface area contributed by atoms with E-state index in [1.807, 2.05) is 6.07 Å². The molecule has 4 nitrogen and oxygen atoms in total. The third-order valence-corrected chi connectivity index (χ3v) is 2.19. The van der Waals surface area contributed by atoms with Gasteiger partial charge in [0.25, 0.3) is 0 Å². The van der Waals surface area contributed by atoms with E-state index in [-0.39, 0.29) is 0 Å². The minimum absolute atomic E-state index is 0.403. The van der Waals surface area contributed by atoms with E-state index in [2.05, 4.69) is 4.98 Å². The maximum Gasteiger partial charge on any atom is 0.345 e. The van der Waals surface area contributed by atoms with Crippen molar-refractivity contribution < 1.29 is 14.6 Å². The van der Waals surface area contributed by atoms with E-state index in [0.29, 0.717) is 11.3 Å². The molecular weight excluding hydrogens is 218 g/mol. The van der Waals surface area contributed by atoms with Crippen LogP contribution in [0.1, 0.15) is 11.7 Å². The molecule has 1 N–H and O–H groups in total. The van der Waals surface area contributed by atoms with Crippen LogP contribution in [0.5, 0.6) is 5.75 Å². The van der Waals surface area contributed by atoms with E-state index in [1.165, 1.54) is 6.20 Å². The number of ether oxygens (including phenoxy) is 1. The largest absolute Gasteiger partial charge is 0.424 e. The molecule has 0 bridgehead atoms. The van der Waals surface area contributed by atoms with Gasteiger partial charge in [-0.05, 0) is 18.2 Å². The molecule has 1 atom stereocenters. The molecular formula is C13H11NO3. The molecule has 17 heavy (non-hydrogen) atoms. The number of rotatable bonds is 3. The van der Waals surface area contributed by atoms with Gasteiger partial charge in [0.1, 0.15) is 5.75 Å². The summed E-state index contributed by atoms with van der Waals surface area (Å²) in [5.41, 5.74) is 0.411. The van der Waals surface area contributed by atoms with Gasteiger partial charge in [0, 0.05) is 18.0 Å². The lowest BCUT2D eigenvalue weighted by Crippen LogP contribution is -2.18. The van der Waals surface area contributed by atoms with Crippen molar-refractivity contribution in [2.75, 3.05) is 0 Å². The van der Waals surface area contributed by atoms with Crippen LogP contribution in [-0.2, 0) is 4.79 Å². The van der Waals surface area contributed by atoms with Crippen molar-refractivity contribution in [1.29, 1.82) is 0 Å². The molecule has 0 spiro atoms. The van der Waals surface area contributed by atoms with Gasteiger partial charge in [-0.1, -0.05) is 24.3 Å². The van der Waals surface area contributed by atoms with Crippen molar-refractivity contribution in [2.45, 2.75) is 6.10 Å². The van der Waals surface area contributed by atoms with Crippen LogP contribution in [0, 0.1) is 0 Å². The lowest BCUT2D eigenvalue weighted by Gasteiger charge is -2.09. The van der Waals surface area contributed by atoms with Gasteiger partial charge in [0.05, 0.1) is 0 Å². The first-order valence-electron chi connectivity index (χ1n) is 5.12. The molecule has 0 aliphatic rings. The first-order chi connectivity index (χ1) is 8.27. The number of carbonyl (C=O) groups excluding carboxylic acids is 1. The number of para-hydroxylation sites is 1. The van der Waals surface area contributed by atoms with E-state index in [9.17, 15) is 9.90 Å². The first-order valence-corrected chi connectivity index (χ1v) is 5.12. The van der Waals surface area contributed by atoms with Crippen molar-refractivity contribution >= 4 is 5.97 Å². The fraction of sp³-hybridized carbons (Fsp3) is 0.0769. The van der Waals surface area contributed by atoms with Gasteiger partial charge in [-0.2, -0.15) is 0 Å². The Morgan fingerprint density at radius 2 is 1.94 bits per heavy atom. The average Bonchev–Trinajstić information content (AvgIpc) is 2.40. The van der Waals surface area contributed by atoms with E-state index < -0.39 is 12.1 Å². The molecule has 0 fully saturated rings. The van der Waals surface area contributed by atoms with E-state index >= 15 is 0 Å². The van der Waals surface area contributed by atoms with Crippen molar-refractivity contribution in [3.05, 3.63) is 60.4 Å². The maximum absolute atomic E-state index is 11.6. The third kappa shape index (κ3) is 2.89. The SMILES string of the molecule is O=C(Oc1ccccc1)C(O)c1cccnc1. The molecule has 0 aliphatic carbocycles. The number of nitrogens with zero attached hydrogens (tertiary/aromatic N) is 1. The van der Waals surface area contributed by atoms with Gasteiger partial charge in [0.2, 0.25) is 0 Å². The van der Waals surface area contributed by atoms with Gasteiger partial charge in [0.15, 0.2) is 6.10 Å². The highest BCUT2D eigenvalue weighted by molar-refractivity contribution is 5.78. The molecule has 0 saturated carbocycles. The molecule has 0 aliphatic heterocycles. The van der Waals surface area contributed by atoms with Gasteiger partial charge >= 0.3 is 5.97 Å². The molecule has 1 unspecified atom stereocenters. The summed E-state index contributed by atoms with van der Waals surface area (Å²) in [4.78, 5) is 15.4. The topological polar surface area (TPSA) is 59.4 Å². The number of hydrogen-bond acceptors (Lipinski definition) is 4. The number of benzene rings is 1. The van der Waals surface area contributed by atoms with Crippen LogP contribution >= 0.6 is 0 Å². The van der Waals surface area contributed by atoms with Gasteiger partial charge in [-0.3, -0.25) is 4.98 Å². The summed E-state index contributed by atoms with van der Waals surface area (Å²) in [7, 11) is 0. The summed E-state index contributed by atoms with van der Waals surface area (Å²) in [6, 6.07) is 11.9. The Bertz CT molecular complexity index is 485. The van der Waals surface area contributed by atoms with Crippen LogP contribution in [0.25, 0.3) is 0 Å². The molecule has 1 aromatic heterocycles. The number of carbonyl (C=O) groups is 1. The van der Waals surface area contributed by atoms with Crippen LogP contribution in [0.15, 0.2) is 54.9 Å². The smallest absolute Gasteiger partial charge is 0.345 e. The lowest BCUT2D eigenvalue weighted by molar-refractivity contribution is -0.144. The normalized spacial score (nSPS) is 11.8. The lowest BCUT2D eigenvalue weighted by atomic mass is 10.2. The first kappa shape index (κ1) is 11.3. The standard InChI is InChI=1S/C13H11NO3/c15-12(10-5-4-8-14-9-10)13(16)17-11-6-2-1-3-7-11/h1-9,12,15H. The van der Waals surface area contributed by atoms with Crippen LogP contribution in [0.3, 0.4) is 0 Å². The van der Waals surface area contributed by atoms with Crippen LogP contribution in [0.2, 0.25) is 0 Å². The Balaban J connectivity index is 2.06. The number of esters is 1. The maximum atomic E-state index is 11.6. The fourth-order valence-corrected chi connectivity index (χ4v) is 1.33. The molecule has 4 heteroatoms. The van der Waals surface area contributed by atoms with Crippen LogP contribution in [0.4, 0.5) is 0 Å². The number of pyridine rings is 1. The molecule has 0 amide bonds. The molecule has 0 saturated heterocycles. The second-order valence-corrected chi connectivity index (χ2v) is 3.42. The van der Waals surface area contributed by atoms with E-state index in [1.54, 1.807) is 42.6 Å². The van der Waals surface area contributed by atoms with Crippen LogP contribution < -0.4 is 4.74 Å². The predicted octanol–water partition coefficient (Wildman–Crippen LogP) is 1.72. The second-order valence-electron chi connectivity index (χ2n) is 3.42. The van der Waals surface area contributed by atoms with E-state index in [4.69, 9.17) is 4.74 Å². The van der Waals surface area contributed by atoms with Crippen molar-refractivity contribution in [3.8, 4) is 5.75 Å². The quantitative estimate of drug-likeness (QED) is 0.643. The molecule has 2 aromatic rings. The monoisotopic (exact) mass is 229 g/mol. The van der Waals surface area contributed by atoms with Gasteiger partial charge in [-0.25, -0.2) is 4.79 Å². The zero-order valence-corrected chi connectivity index (χ0v) is 8.98. The second kappa shape index (κ2) is 5.23. The predicted molar refractivity (Wildman–Crippen MR) is 61.3 cm³/mol. The number of aliphatic hydroxyl groups excluding tert-OH is 1. The minimum atomic E-state index is -1.32. The molecule has 1 aromatic carbocycles. The summed E-state index contributed by atoms with van der Waals surface area (Å²) in [6.07, 6.45) is 1.68. The minimum Gasteiger partial charge on any atom is -0.424 e. The molecule has 0 radical (unpaired) electrons. The molecule has 86 valence electrons. The zero-order chi connectivity index (χ0) is 12.1. The highest BCUT2D eigenvalue weighted by Gasteiger charge is 2.19. The summed E-state index contributed by atoms with van der Waals surface area (Å²) < 4.78 is 5.01. The number of hydrogen-bond donors (Lipinski definition) is 1. The Labute approximate surface area is 98.5 Å². The molecule has 1 heterocycles. The van der Waals surface area contributed by atoms with E-state index in [0.717, 1.165) is 0 Å². The zero-order valence-electron chi connectivity index (χ0n) is 8.98.